The van der Waals surface area contributed by atoms with Crippen LogP contribution in [0.5, 0.6) is 0 Å². The lowest BCUT2D eigenvalue weighted by molar-refractivity contribution is 0.0705. The predicted octanol–water partition coefficient (Wildman–Crippen LogP) is 4.44. The van der Waals surface area contributed by atoms with Gasteiger partial charge in [-0.05, 0) is 37.3 Å². The van der Waals surface area contributed by atoms with E-state index in [-0.39, 0.29) is 11.8 Å². The van der Waals surface area contributed by atoms with Crippen LogP contribution in [0.25, 0.3) is 22.2 Å². The van der Waals surface area contributed by atoms with E-state index in [1.54, 1.807) is 0 Å². The van der Waals surface area contributed by atoms with Crippen molar-refractivity contribution >= 4 is 16.8 Å². The van der Waals surface area contributed by atoms with Gasteiger partial charge in [0.2, 0.25) is 0 Å². The van der Waals surface area contributed by atoms with Crippen molar-refractivity contribution in [1.29, 1.82) is 0 Å². The van der Waals surface area contributed by atoms with Crippen LogP contribution < -0.4 is 0 Å². The van der Waals surface area contributed by atoms with E-state index in [4.69, 9.17) is 4.98 Å². The summed E-state index contributed by atoms with van der Waals surface area (Å²) < 4.78 is 0. The van der Waals surface area contributed by atoms with Crippen molar-refractivity contribution in [2.24, 2.45) is 5.92 Å². The molecule has 1 aromatic carbocycles. The predicted molar refractivity (Wildman–Crippen MR) is 109 cm³/mol. The first kappa shape index (κ1) is 17.3. The molecule has 0 radical (unpaired) electrons. The van der Waals surface area contributed by atoms with Crippen molar-refractivity contribution in [1.82, 2.24) is 19.9 Å². The fourth-order valence-electron chi connectivity index (χ4n) is 4.60. The lowest BCUT2D eigenvalue weighted by Crippen LogP contribution is -2.37. The van der Waals surface area contributed by atoms with Gasteiger partial charge in [0.1, 0.15) is 5.82 Å². The quantitative estimate of drug-likeness (QED) is 0.682. The molecule has 5 heteroatoms. The molecule has 1 aliphatic heterocycles. The summed E-state index contributed by atoms with van der Waals surface area (Å²) in [5, 5.41) is 0.916. The molecule has 1 amide bonds. The fraction of sp³-hybridized carbons (Fsp3) is 0.391. The second-order valence-electron chi connectivity index (χ2n) is 8.35. The van der Waals surface area contributed by atoms with Crippen LogP contribution in [0.3, 0.4) is 0 Å². The molecule has 2 atom stereocenters. The fourth-order valence-corrected chi connectivity index (χ4v) is 4.60. The van der Waals surface area contributed by atoms with Gasteiger partial charge in [0, 0.05) is 41.8 Å². The molecule has 0 N–H and O–H groups in total. The average molecular weight is 372 g/mol. The zero-order valence-electron chi connectivity index (χ0n) is 16.3. The molecule has 5 nitrogen and oxygen atoms in total. The molecular formula is C23H24N4O. The third-order valence-electron chi connectivity index (χ3n) is 6.10. The second kappa shape index (κ2) is 6.66. The highest BCUT2D eigenvalue weighted by Crippen LogP contribution is 2.39. The molecule has 1 saturated carbocycles. The molecular weight excluding hydrogens is 348 g/mol. The van der Waals surface area contributed by atoms with Crippen LogP contribution in [0, 0.1) is 5.92 Å². The Hall–Kier alpha value is -2.82. The number of hydrogen-bond donors (Lipinski definition) is 0. The van der Waals surface area contributed by atoms with E-state index in [0.29, 0.717) is 12.0 Å². The highest BCUT2D eigenvalue weighted by Gasteiger charge is 2.40. The van der Waals surface area contributed by atoms with E-state index >= 15 is 0 Å². The summed E-state index contributed by atoms with van der Waals surface area (Å²) >= 11 is 0. The highest BCUT2D eigenvalue weighted by molar-refractivity contribution is 6.07. The Kier molecular flexibility index (Phi) is 4.11. The monoisotopic (exact) mass is 372 g/mol. The number of rotatable bonds is 3. The number of piperidine rings is 1. The Morgan fingerprint density at radius 3 is 2.61 bits per heavy atom. The Labute approximate surface area is 164 Å². The summed E-state index contributed by atoms with van der Waals surface area (Å²) in [7, 11) is 0. The maximum Gasteiger partial charge on any atom is 0.254 e. The van der Waals surface area contributed by atoms with Crippen LogP contribution >= 0.6 is 0 Å². The Bertz CT molecular complexity index is 1040. The van der Waals surface area contributed by atoms with Crippen LogP contribution in [0.2, 0.25) is 0 Å². The molecule has 1 saturated heterocycles. The van der Waals surface area contributed by atoms with E-state index in [0.717, 1.165) is 52.9 Å². The van der Waals surface area contributed by atoms with Crippen molar-refractivity contribution in [3.8, 4) is 11.3 Å². The van der Waals surface area contributed by atoms with Crippen molar-refractivity contribution in [3.63, 3.8) is 0 Å². The number of carbonyl (C=O) groups is 1. The Balaban J connectivity index is 1.59. The standard InChI is InChI=1S/C23H24N4O/c1-14(2)22-24-11-16(12-25-22)21-10-19(18-5-3-4-6-20(18)26-21)23(28)27-13-15-7-8-17(27)9-15/h3-6,10-12,14-15,17H,7-9,13H2,1-2H3/t15-,17-/m1/s1. The zero-order chi connectivity index (χ0) is 19.3. The summed E-state index contributed by atoms with van der Waals surface area (Å²) in [6.45, 7) is 5.04. The minimum absolute atomic E-state index is 0.131. The number of fused-ring (bicyclic) bond motifs is 3. The van der Waals surface area contributed by atoms with E-state index < -0.39 is 0 Å². The van der Waals surface area contributed by atoms with Gasteiger partial charge in [-0.2, -0.15) is 0 Å². The Morgan fingerprint density at radius 2 is 1.93 bits per heavy atom. The first-order valence-electron chi connectivity index (χ1n) is 10.1. The number of likely N-dealkylation sites (tertiary alicyclic amines) is 1. The summed E-state index contributed by atoms with van der Waals surface area (Å²) in [6, 6.07) is 10.2. The molecule has 28 heavy (non-hydrogen) atoms. The van der Waals surface area contributed by atoms with Crippen LogP contribution in [0.1, 0.15) is 55.2 Å². The number of amides is 1. The van der Waals surface area contributed by atoms with Gasteiger partial charge in [0.15, 0.2) is 0 Å². The molecule has 3 aromatic rings. The third-order valence-corrected chi connectivity index (χ3v) is 6.10. The number of aromatic nitrogens is 3. The summed E-state index contributed by atoms with van der Waals surface area (Å²) in [5.41, 5.74) is 3.16. The van der Waals surface area contributed by atoms with Crippen molar-refractivity contribution in [2.75, 3.05) is 6.54 Å². The minimum atomic E-state index is 0.131. The van der Waals surface area contributed by atoms with E-state index in [9.17, 15) is 4.79 Å². The van der Waals surface area contributed by atoms with E-state index in [2.05, 4.69) is 28.7 Å². The van der Waals surface area contributed by atoms with E-state index in [1.807, 2.05) is 42.7 Å². The van der Waals surface area contributed by atoms with Crippen molar-refractivity contribution in [3.05, 3.63) is 54.1 Å². The van der Waals surface area contributed by atoms with Gasteiger partial charge >= 0.3 is 0 Å². The number of benzene rings is 1. The molecule has 2 fully saturated rings. The van der Waals surface area contributed by atoms with Gasteiger partial charge in [0.05, 0.1) is 16.8 Å². The normalized spacial score (nSPS) is 21.0. The highest BCUT2D eigenvalue weighted by atomic mass is 16.2. The van der Waals surface area contributed by atoms with Crippen molar-refractivity contribution < 1.29 is 4.79 Å². The van der Waals surface area contributed by atoms with Crippen LogP contribution in [-0.2, 0) is 0 Å². The average Bonchev–Trinajstić information content (AvgIpc) is 3.36. The number of hydrogen-bond acceptors (Lipinski definition) is 4. The van der Waals surface area contributed by atoms with E-state index in [1.165, 1.54) is 6.42 Å². The topological polar surface area (TPSA) is 59.0 Å². The van der Waals surface area contributed by atoms with Gasteiger partial charge in [0.25, 0.3) is 5.91 Å². The minimum Gasteiger partial charge on any atom is -0.335 e. The molecule has 0 spiro atoms. The summed E-state index contributed by atoms with van der Waals surface area (Å²) in [4.78, 5) is 29.3. The zero-order valence-corrected chi connectivity index (χ0v) is 16.3. The largest absolute Gasteiger partial charge is 0.335 e. The number of nitrogens with zero attached hydrogens (tertiary/aromatic N) is 4. The molecule has 0 unspecified atom stereocenters. The molecule has 2 bridgehead atoms. The molecule has 2 aliphatic rings. The number of carbonyl (C=O) groups excluding carboxylic acids is 1. The number of pyridine rings is 1. The van der Waals surface area contributed by atoms with Gasteiger partial charge < -0.3 is 4.90 Å². The van der Waals surface area contributed by atoms with Gasteiger partial charge in [-0.3, -0.25) is 4.79 Å². The first-order valence-corrected chi connectivity index (χ1v) is 10.1. The van der Waals surface area contributed by atoms with Gasteiger partial charge in [-0.15, -0.1) is 0 Å². The smallest absolute Gasteiger partial charge is 0.254 e. The first-order chi connectivity index (χ1) is 13.6. The van der Waals surface area contributed by atoms with Crippen LogP contribution in [-0.4, -0.2) is 38.3 Å². The molecule has 3 heterocycles. The maximum atomic E-state index is 13.4. The summed E-state index contributed by atoms with van der Waals surface area (Å²) in [5.74, 6) is 1.90. The van der Waals surface area contributed by atoms with Crippen LogP contribution in [0.15, 0.2) is 42.7 Å². The molecule has 142 valence electrons. The third kappa shape index (κ3) is 2.86. The van der Waals surface area contributed by atoms with Crippen molar-refractivity contribution in [2.45, 2.75) is 45.1 Å². The maximum absolute atomic E-state index is 13.4. The molecule has 5 rings (SSSR count). The van der Waals surface area contributed by atoms with Gasteiger partial charge in [-0.25, -0.2) is 15.0 Å². The SMILES string of the molecule is CC(C)c1ncc(-c2cc(C(=O)N3C[C@@H]4CC[C@@H]3C4)c3ccccc3n2)cn1. The lowest BCUT2D eigenvalue weighted by Gasteiger charge is -2.27. The van der Waals surface area contributed by atoms with Crippen LogP contribution in [0.4, 0.5) is 0 Å². The Morgan fingerprint density at radius 1 is 1.14 bits per heavy atom. The van der Waals surface area contributed by atoms with Gasteiger partial charge in [-0.1, -0.05) is 32.0 Å². The number of para-hydroxylation sites is 1. The second-order valence-corrected chi connectivity index (χ2v) is 8.35. The summed E-state index contributed by atoms with van der Waals surface area (Å²) in [6.07, 6.45) is 7.18. The molecule has 1 aliphatic carbocycles. The molecule has 2 aromatic heterocycles. The lowest BCUT2D eigenvalue weighted by atomic mass is 10.0.